The highest BCUT2D eigenvalue weighted by molar-refractivity contribution is 7.99. The van der Waals surface area contributed by atoms with Crippen molar-refractivity contribution in [2.75, 3.05) is 31.3 Å². The largest absolute Gasteiger partial charge is 0.461 e. The Morgan fingerprint density at radius 3 is 2.74 bits per heavy atom. The molecule has 0 aliphatic carbocycles. The van der Waals surface area contributed by atoms with Crippen molar-refractivity contribution in [2.24, 2.45) is 7.05 Å². The normalized spacial score (nSPS) is 19.5. The van der Waals surface area contributed by atoms with Gasteiger partial charge in [0.2, 0.25) is 6.23 Å². The van der Waals surface area contributed by atoms with Crippen LogP contribution in [0.2, 0.25) is 0 Å². The van der Waals surface area contributed by atoms with E-state index >= 15 is 0 Å². The van der Waals surface area contributed by atoms with Crippen molar-refractivity contribution in [1.29, 1.82) is 0 Å². The number of furan rings is 1. The summed E-state index contributed by atoms with van der Waals surface area (Å²) in [5.41, 5.74) is 2.39. The lowest BCUT2D eigenvalue weighted by Gasteiger charge is -2.14. The summed E-state index contributed by atoms with van der Waals surface area (Å²) in [6, 6.07) is 12.3. The maximum atomic E-state index is 6.22. The van der Waals surface area contributed by atoms with Crippen LogP contribution >= 0.6 is 11.8 Å². The van der Waals surface area contributed by atoms with E-state index in [9.17, 15) is 0 Å². The third kappa shape index (κ3) is 3.87. The summed E-state index contributed by atoms with van der Waals surface area (Å²) in [7, 11) is 6.05. The Morgan fingerprint density at radius 1 is 1.22 bits per heavy atom. The molecule has 3 aromatic rings. The number of nitrogens with two attached hydrogens (primary N) is 1. The first-order chi connectivity index (χ1) is 13.1. The summed E-state index contributed by atoms with van der Waals surface area (Å²) >= 11 is 1.66. The number of hydrogen-bond donors (Lipinski definition) is 1. The van der Waals surface area contributed by atoms with Crippen LogP contribution in [0, 0.1) is 0 Å². The molecule has 7 nitrogen and oxygen atoms in total. The Kier molecular flexibility index (Phi) is 5.20. The first kappa shape index (κ1) is 18.1. The van der Waals surface area contributed by atoms with Gasteiger partial charge in [0.05, 0.1) is 6.26 Å². The second-order valence-corrected chi connectivity index (χ2v) is 7.78. The fourth-order valence-corrected chi connectivity index (χ4v) is 4.03. The zero-order chi connectivity index (χ0) is 18.8. The number of ether oxygens (including phenoxy) is 1. The van der Waals surface area contributed by atoms with Crippen LogP contribution < -0.4 is 10.2 Å². The Morgan fingerprint density at radius 2 is 2.04 bits per heavy atom. The van der Waals surface area contributed by atoms with Gasteiger partial charge in [0.25, 0.3) is 0 Å². The molecule has 4 rings (SSSR count). The molecule has 2 atom stereocenters. The Hall–Kier alpha value is -2.29. The molecule has 1 aliphatic heterocycles. The number of anilines is 1. The number of nitrogens with zero attached hydrogens (tertiary/aromatic N) is 4. The van der Waals surface area contributed by atoms with E-state index in [2.05, 4.69) is 44.7 Å². The molecular formula is C19H24N5O2S+. The van der Waals surface area contributed by atoms with E-state index < -0.39 is 0 Å². The molecule has 2 N–H and O–H groups in total. The number of rotatable bonds is 6. The highest BCUT2D eigenvalue weighted by Crippen LogP contribution is 2.26. The topological polar surface area (TPSA) is 72.9 Å². The van der Waals surface area contributed by atoms with Crippen LogP contribution in [0.1, 0.15) is 11.8 Å². The van der Waals surface area contributed by atoms with Crippen molar-refractivity contribution in [2.45, 2.75) is 17.5 Å². The fraction of sp³-hybridized carbons (Fsp3) is 0.368. The molecule has 1 fully saturated rings. The van der Waals surface area contributed by atoms with Gasteiger partial charge in [-0.3, -0.25) is 0 Å². The molecular weight excluding hydrogens is 362 g/mol. The van der Waals surface area contributed by atoms with Gasteiger partial charge in [-0.05, 0) is 36.4 Å². The summed E-state index contributed by atoms with van der Waals surface area (Å²) in [5, 5.41) is 11.6. The van der Waals surface area contributed by atoms with Gasteiger partial charge in [0.15, 0.2) is 16.7 Å². The van der Waals surface area contributed by atoms with Gasteiger partial charge in [-0.1, -0.05) is 11.8 Å². The van der Waals surface area contributed by atoms with Crippen LogP contribution in [0.25, 0.3) is 11.6 Å². The van der Waals surface area contributed by atoms with Crippen LogP contribution in [0.15, 0.2) is 52.2 Å². The lowest BCUT2D eigenvalue weighted by Crippen LogP contribution is -2.82. The molecule has 0 bridgehead atoms. The first-order valence-corrected chi connectivity index (χ1v) is 9.92. The minimum atomic E-state index is 0.0602. The molecule has 2 aromatic heterocycles. The standard InChI is InChI=1S/C19H23N5O2S/c1-23(2)14-8-6-13(7-9-14)18-20-11-15(26-18)12-27-19-22-21-17(24(19)3)16-5-4-10-25-16/h4-10,15,18,20H,11-12H2,1-3H3/p+1/t15-,18+/m0/s1. The van der Waals surface area contributed by atoms with Crippen molar-refractivity contribution >= 4 is 17.4 Å². The van der Waals surface area contributed by atoms with E-state index in [1.807, 2.05) is 37.8 Å². The molecule has 142 valence electrons. The minimum absolute atomic E-state index is 0.0602. The maximum absolute atomic E-state index is 6.22. The van der Waals surface area contributed by atoms with Crippen molar-refractivity contribution < 1.29 is 14.5 Å². The van der Waals surface area contributed by atoms with Crippen LogP contribution in [0.3, 0.4) is 0 Å². The van der Waals surface area contributed by atoms with Crippen LogP contribution in [0.4, 0.5) is 5.69 Å². The van der Waals surface area contributed by atoms with Crippen LogP contribution in [0.5, 0.6) is 0 Å². The average Bonchev–Trinajstić information content (AvgIpc) is 3.41. The second-order valence-electron chi connectivity index (χ2n) is 6.79. The average molecular weight is 387 g/mol. The van der Waals surface area contributed by atoms with Crippen molar-refractivity contribution in [3.05, 3.63) is 48.2 Å². The van der Waals surface area contributed by atoms with E-state index in [4.69, 9.17) is 9.15 Å². The molecule has 0 saturated carbocycles. The molecule has 3 heterocycles. The Bertz CT molecular complexity index is 876. The Balaban J connectivity index is 1.34. The predicted octanol–water partition coefficient (Wildman–Crippen LogP) is 1.89. The van der Waals surface area contributed by atoms with Gasteiger partial charge in [-0.25, -0.2) is 0 Å². The second kappa shape index (κ2) is 7.75. The number of thioether (sulfide) groups is 1. The van der Waals surface area contributed by atoms with Crippen molar-refractivity contribution in [3.63, 3.8) is 0 Å². The fourth-order valence-electron chi connectivity index (χ4n) is 3.11. The smallest absolute Gasteiger partial charge is 0.217 e. The summed E-state index contributed by atoms with van der Waals surface area (Å²) in [4.78, 5) is 2.10. The number of quaternary nitrogens is 1. The number of aromatic nitrogens is 3. The van der Waals surface area contributed by atoms with Gasteiger partial charge < -0.3 is 23.9 Å². The highest BCUT2D eigenvalue weighted by Gasteiger charge is 2.30. The highest BCUT2D eigenvalue weighted by atomic mass is 32.2. The molecule has 0 radical (unpaired) electrons. The monoisotopic (exact) mass is 386 g/mol. The van der Waals surface area contributed by atoms with Crippen LogP contribution in [-0.2, 0) is 11.8 Å². The van der Waals surface area contributed by atoms with E-state index in [0.29, 0.717) is 0 Å². The first-order valence-electron chi connectivity index (χ1n) is 8.94. The summed E-state index contributed by atoms with van der Waals surface area (Å²) < 4.78 is 13.6. The Labute approximate surface area is 162 Å². The third-order valence-electron chi connectivity index (χ3n) is 4.66. The van der Waals surface area contributed by atoms with E-state index in [1.54, 1.807) is 18.0 Å². The van der Waals surface area contributed by atoms with Crippen LogP contribution in [-0.4, -0.2) is 47.3 Å². The lowest BCUT2D eigenvalue weighted by atomic mass is 10.2. The number of benzene rings is 1. The van der Waals surface area contributed by atoms with Gasteiger partial charge >= 0.3 is 0 Å². The molecule has 1 aliphatic rings. The lowest BCUT2D eigenvalue weighted by molar-refractivity contribution is -0.697. The van der Waals surface area contributed by atoms with Gasteiger partial charge in [0, 0.05) is 38.1 Å². The zero-order valence-corrected chi connectivity index (χ0v) is 16.5. The molecule has 27 heavy (non-hydrogen) atoms. The van der Waals surface area contributed by atoms with Crippen molar-refractivity contribution in [3.8, 4) is 11.6 Å². The predicted molar refractivity (Wildman–Crippen MR) is 105 cm³/mol. The zero-order valence-electron chi connectivity index (χ0n) is 15.7. The number of hydrogen-bond acceptors (Lipinski definition) is 6. The van der Waals surface area contributed by atoms with Crippen molar-refractivity contribution in [1.82, 2.24) is 14.8 Å². The molecule has 0 unspecified atom stereocenters. The van der Waals surface area contributed by atoms with Gasteiger partial charge in [0.1, 0.15) is 12.6 Å². The molecule has 1 saturated heterocycles. The maximum Gasteiger partial charge on any atom is 0.217 e. The summed E-state index contributed by atoms with van der Waals surface area (Å²) in [6.45, 7) is 0.940. The molecule has 0 spiro atoms. The molecule has 1 aromatic carbocycles. The van der Waals surface area contributed by atoms with E-state index in [0.717, 1.165) is 29.0 Å². The minimum Gasteiger partial charge on any atom is -0.461 e. The molecule has 8 heteroatoms. The van der Waals surface area contributed by atoms with E-state index in [-0.39, 0.29) is 12.3 Å². The van der Waals surface area contributed by atoms with E-state index in [1.165, 1.54) is 11.3 Å². The van der Waals surface area contributed by atoms with Gasteiger partial charge in [-0.15, -0.1) is 10.2 Å². The third-order valence-corrected chi connectivity index (χ3v) is 5.82. The molecule has 0 amide bonds. The quantitative estimate of drug-likeness (QED) is 0.653. The summed E-state index contributed by atoms with van der Waals surface area (Å²) in [6.07, 6.45) is 1.88. The van der Waals surface area contributed by atoms with Gasteiger partial charge in [-0.2, -0.15) is 0 Å². The SMILES string of the molecule is CN(C)c1ccc([C@@H]2[NH2+]C[C@@H](CSc3nnc(-c4ccco4)n3C)O2)cc1. The summed E-state index contributed by atoms with van der Waals surface area (Å²) in [5.74, 6) is 2.30.